The molecule has 254 valence electrons. The summed E-state index contributed by atoms with van der Waals surface area (Å²) in [5, 5.41) is 57.5. The number of benzene rings is 3. The summed E-state index contributed by atoms with van der Waals surface area (Å²) in [5.74, 6) is -3.53. The van der Waals surface area contributed by atoms with E-state index in [2.05, 4.69) is 72.7 Å². The molecule has 0 bridgehead atoms. The summed E-state index contributed by atoms with van der Waals surface area (Å²) >= 11 is 0. The van der Waals surface area contributed by atoms with Crippen LogP contribution in [0.25, 0.3) is 17.0 Å². The Labute approximate surface area is 277 Å². The highest BCUT2D eigenvalue weighted by Crippen LogP contribution is 2.30. The summed E-state index contributed by atoms with van der Waals surface area (Å²) < 4.78 is 0. The van der Waals surface area contributed by atoms with Gasteiger partial charge in [-0.15, -0.1) is 0 Å². The number of fused-ring (bicyclic) bond motifs is 3. The van der Waals surface area contributed by atoms with Crippen LogP contribution in [-0.2, 0) is 41.7 Å². The molecule has 0 radical (unpaired) electrons. The number of aliphatic hydroxyl groups is 3. The molecule has 0 saturated heterocycles. The standard InChI is InChI=1S/C24H28N2O3.C9H8.C4H6O6/c1-3-14-9-16-11-18(12-17(16)10-15(14)4-2)25-13-22(28)19-5-7-21(27)24-20(19)6-8-23(29)26-24;1-2-5-9-7-3-6-8(9)4-1;5-1(3(7)8)2(6)4(9)10/h5-10,18,22,25,27-28H,3-4,11-13H2,1-2H3,(H,26,29);1-6H,7H2;1-2,5-6H,(H,7,8)(H,9,10)/t22-;;/m0../s1. The number of aryl methyl sites for hydroxylation is 2. The molecule has 3 atom stereocenters. The number of aliphatic hydroxyl groups excluding tert-OH is 3. The number of pyridine rings is 1. The van der Waals surface area contributed by atoms with Crippen LogP contribution in [0, 0.1) is 0 Å². The highest BCUT2D eigenvalue weighted by Gasteiger charge is 2.29. The predicted molar refractivity (Wildman–Crippen MR) is 182 cm³/mol. The van der Waals surface area contributed by atoms with Gasteiger partial charge >= 0.3 is 11.9 Å². The molecule has 0 amide bonds. The fourth-order valence-electron chi connectivity index (χ4n) is 5.98. The number of aromatic hydroxyl groups is 1. The number of aromatic nitrogens is 1. The molecule has 8 N–H and O–H groups in total. The summed E-state index contributed by atoms with van der Waals surface area (Å²) in [4.78, 5) is 33.8. The number of hydrogen-bond donors (Lipinski definition) is 8. The van der Waals surface area contributed by atoms with Crippen LogP contribution in [0.3, 0.4) is 0 Å². The number of H-pyrrole nitrogens is 1. The Kier molecular flexibility index (Phi) is 12.3. The van der Waals surface area contributed by atoms with Crippen molar-refractivity contribution in [1.29, 1.82) is 0 Å². The number of carboxylic acid groups (broad SMARTS) is 2. The molecule has 2 aliphatic rings. The fraction of sp³-hybridized carbons (Fsp3) is 0.324. The summed E-state index contributed by atoms with van der Waals surface area (Å²) in [6.07, 6.45) is 4.30. The molecule has 0 spiro atoms. The van der Waals surface area contributed by atoms with Gasteiger partial charge in [0.1, 0.15) is 5.75 Å². The van der Waals surface area contributed by atoms with Gasteiger partial charge in [-0.25, -0.2) is 9.59 Å². The normalized spacial score (nSPS) is 14.9. The zero-order valence-corrected chi connectivity index (χ0v) is 26.9. The van der Waals surface area contributed by atoms with E-state index in [9.17, 15) is 24.6 Å². The third kappa shape index (κ3) is 8.75. The topological polar surface area (TPSA) is 200 Å². The Balaban J connectivity index is 0.000000222. The number of carbonyl (C=O) groups is 2. The van der Waals surface area contributed by atoms with Gasteiger partial charge in [0.15, 0.2) is 12.2 Å². The monoisotopic (exact) mass is 658 g/mol. The molecule has 4 aromatic rings. The van der Waals surface area contributed by atoms with Crippen LogP contribution in [0.2, 0.25) is 0 Å². The smallest absolute Gasteiger partial charge is 0.335 e. The van der Waals surface area contributed by atoms with E-state index in [0.29, 0.717) is 29.1 Å². The van der Waals surface area contributed by atoms with Crippen LogP contribution in [-0.4, -0.2) is 72.4 Å². The quantitative estimate of drug-likeness (QED) is 0.132. The Morgan fingerprint density at radius 3 is 2.02 bits per heavy atom. The number of hydrogen-bond acceptors (Lipinski definition) is 8. The number of carboxylic acids is 2. The number of aromatic amines is 1. The molecule has 3 aromatic carbocycles. The zero-order chi connectivity index (χ0) is 35.0. The highest BCUT2D eigenvalue weighted by atomic mass is 16.4. The van der Waals surface area contributed by atoms with Crippen LogP contribution in [0.5, 0.6) is 5.75 Å². The SMILES string of the molecule is C1=Cc2ccccc2C1.CCc1cc2c(cc1CC)CC(NC[C@H](O)c1ccc(O)c3[nH]c(=O)ccc13)C2.O=C(O)C(O)C(O)C(=O)O. The molecule has 11 heteroatoms. The number of aliphatic carboxylic acids is 2. The van der Waals surface area contributed by atoms with Gasteiger partial charge in [-0.2, -0.15) is 0 Å². The van der Waals surface area contributed by atoms with E-state index in [1.807, 2.05) is 0 Å². The lowest BCUT2D eigenvalue weighted by atomic mass is 9.97. The summed E-state index contributed by atoms with van der Waals surface area (Å²) in [5.41, 5.74) is 9.33. The Bertz CT molecular complexity index is 1800. The van der Waals surface area contributed by atoms with Gasteiger partial charge in [0.2, 0.25) is 5.56 Å². The lowest BCUT2D eigenvalue weighted by Gasteiger charge is -2.18. The van der Waals surface area contributed by atoms with Gasteiger partial charge in [-0.3, -0.25) is 4.79 Å². The third-order valence-electron chi connectivity index (χ3n) is 8.58. The molecule has 1 heterocycles. The largest absolute Gasteiger partial charge is 0.506 e. The van der Waals surface area contributed by atoms with Gasteiger partial charge in [-0.1, -0.05) is 68.5 Å². The number of rotatable bonds is 9. The second kappa shape index (κ2) is 16.3. The fourth-order valence-corrected chi connectivity index (χ4v) is 5.98. The van der Waals surface area contributed by atoms with Crippen molar-refractivity contribution in [2.45, 2.75) is 70.3 Å². The van der Waals surface area contributed by atoms with E-state index in [1.54, 1.807) is 12.1 Å². The van der Waals surface area contributed by atoms with Gasteiger partial charge in [0, 0.05) is 24.0 Å². The van der Waals surface area contributed by atoms with Gasteiger partial charge in [0.05, 0.1) is 11.6 Å². The molecule has 1 aromatic heterocycles. The molecule has 0 aliphatic heterocycles. The van der Waals surface area contributed by atoms with E-state index >= 15 is 0 Å². The first-order valence-electron chi connectivity index (χ1n) is 15.9. The van der Waals surface area contributed by atoms with Gasteiger partial charge in [-0.05, 0) is 83.2 Å². The van der Waals surface area contributed by atoms with Crippen molar-refractivity contribution in [1.82, 2.24) is 10.3 Å². The zero-order valence-electron chi connectivity index (χ0n) is 26.9. The lowest BCUT2D eigenvalue weighted by Crippen LogP contribution is -2.39. The summed E-state index contributed by atoms with van der Waals surface area (Å²) in [7, 11) is 0. The summed E-state index contributed by atoms with van der Waals surface area (Å²) in [6.45, 7) is 4.83. The van der Waals surface area contributed by atoms with E-state index in [-0.39, 0.29) is 11.3 Å². The molecular formula is C37H42N2O9. The second-order valence-corrected chi connectivity index (χ2v) is 11.8. The molecule has 11 nitrogen and oxygen atoms in total. The Hall–Kier alpha value is -4.81. The maximum atomic E-state index is 11.6. The number of nitrogens with one attached hydrogen (secondary N) is 2. The second-order valence-electron chi connectivity index (χ2n) is 11.8. The van der Waals surface area contributed by atoms with Crippen LogP contribution >= 0.6 is 0 Å². The van der Waals surface area contributed by atoms with E-state index in [4.69, 9.17) is 20.4 Å². The first kappa shape index (κ1) is 36.0. The Morgan fingerprint density at radius 1 is 0.854 bits per heavy atom. The van der Waals surface area contributed by atoms with Gasteiger partial charge in [0.25, 0.3) is 0 Å². The lowest BCUT2D eigenvalue weighted by molar-refractivity contribution is -0.165. The minimum Gasteiger partial charge on any atom is -0.506 e. The van der Waals surface area contributed by atoms with Crippen molar-refractivity contribution in [3.05, 3.63) is 116 Å². The summed E-state index contributed by atoms with van der Waals surface area (Å²) in [6, 6.07) is 19.8. The maximum absolute atomic E-state index is 11.6. The highest BCUT2D eigenvalue weighted by molar-refractivity contribution is 5.87. The minimum atomic E-state index is -2.27. The molecule has 2 aliphatic carbocycles. The number of allylic oxidation sites excluding steroid dienone is 1. The molecule has 0 saturated carbocycles. The van der Waals surface area contributed by atoms with Gasteiger partial charge < -0.3 is 40.9 Å². The van der Waals surface area contributed by atoms with Crippen molar-refractivity contribution >= 4 is 28.9 Å². The molecule has 2 unspecified atom stereocenters. The molecule has 48 heavy (non-hydrogen) atoms. The average Bonchev–Trinajstić information content (AvgIpc) is 3.73. The number of phenolic OH excluding ortho intramolecular Hbond substituents is 1. The average molecular weight is 659 g/mol. The third-order valence-corrected chi connectivity index (χ3v) is 8.58. The van der Waals surface area contributed by atoms with Crippen LogP contribution < -0.4 is 10.9 Å². The van der Waals surface area contributed by atoms with Crippen molar-refractivity contribution in [2.24, 2.45) is 0 Å². The predicted octanol–water partition coefficient (Wildman–Crippen LogP) is 3.28. The van der Waals surface area contributed by atoms with Crippen LogP contribution in [0.1, 0.15) is 58.9 Å². The van der Waals surface area contributed by atoms with E-state index in [1.165, 1.54) is 45.5 Å². The Morgan fingerprint density at radius 2 is 1.46 bits per heavy atom. The van der Waals surface area contributed by atoms with Crippen molar-refractivity contribution < 1.29 is 40.2 Å². The molecule has 0 fully saturated rings. The first-order valence-corrected chi connectivity index (χ1v) is 15.9. The maximum Gasteiger partial charge on any atom is 0.335 e. The minimum absolute atomic E-state index is 0.00584. The van der Waals surface area contributed by atoms with Crippen LogP contribution in [0.15, 0.2) is 71.5 Å². The molecule has 6 rings (SSSR count). The van der Waals surface area contributed by atoms with Crippen molar-refractivity contribution in [3.8, 4) is 5.75 Å². The van der Waals surface area contributed by atoms with Crippen LogP contribution in [0.4, 0.5) is 0 Å². The van der Waals surface area contributed by atoms with E-state index < -0.39 is 30.3 Å². The van der Waals surface area contributed by atoms with Crippen molar-refractivity contribution in [3.63, 3.8) is 0 Å². The number of phenols is 1. The molecular weight excluding hydrogens is 616 g/mol. The first-order chi connectivity index (χ1) is 22.9. The van der Waals surface area contributed by atoms with Crippen molar-refractivity contribution in [2.75, 3.05) is 6.54 Å². The van der Waals surface area contributed by atoms with E-state index in [0.717, 1.165) is 32.1 Å².